The Kier molecular flexibility index (Phi) is 3.20. The molecular formula is C21H34O2. The third-order valence-corrected chi connectivity index (χ3v) is 8.53. The third-order valence-electron chi connectivity index (χ3n) is 8.53. The number of rotatable bonds is 1. The zero-order valence-corrected chi connectivity index (χ0v) is 15.0. The summed E-state index contributed by atoms with van der Waals surface area (Å²) in [6.07, 6.45) is 7.77. The Morgan fingerprint density at radius 1 is 1.00 bits per heavy atom. The van der Waals surface area contributed by atoms with E-state index in [0.717, 1.165) is 44.9 Å². The van der Waals surface area contributed by atoms with Gasteiger partial charge in [-0.2, -0.15) is 0 Å². The molecule has 4 aliphatic rings. The molecule has 23 heavy (non-hydrogen) atoms. The monoisotopic (exact) mass is 320 g/mol. The van der Waals surface area contributed by atoms with Gasteiger partial charge in [0.05, 0.1) is 6.10 Å². The quantitative estimate of drug-likeness (QED) is 0.767. The van der Waals surface area contributed by atoms with Crippen LogP contribution in [0.2, 0.25) is 0 Å². The van der Waals surface area contributed by atoms with Crippen molar-refractivity contribution in [3.63, 3.8) is 0 Å². The van der Waals surface area contributed by atoms with Gasteiger partial charge in [0.2, 0.25) is 0 Å². The normalized spacial score (nSPS) is 63.3. The SMILES string of the molecule is [2H][C@@]12CC[C@H]3[C@@H]4CC[C@]([2H])(C(C)=O)[C@@]4(C)CC[C@@H]3[C@@]1(C)CC[C@H](O)C2. The predicted molar refractivity (Wildman–Crippen MR) is 91.9 cm³/mol. The van der Waals surface area contributed by atoms with Gasteiger partial charge in [0.25, 0.3) is 0 Å². The van der Waals surface area contributed by atoms with Gasteiger partial charge in [-0.25, -0.2) is 0 Å². The Labute approximate surface area is 144 Å². The van der Waals surface area contributed by atoms with Gasteiger partial charge >= 0.3 is 0 Å². The molecule has 130 valence electrons. The number of Topliss-reactive ketones (excluding diaryl/α,β-unsaturated/α-hetero) is 1. The summed E-state index contributed by atoms with van der Waals surface area (Å²) >= 11 is 0. The highest BCUT2D eigenvalue weighted by atomic mass is 16.3. The Hall–Kier alpha value is -0.370. The van der Waals surface area contributed by atoms with E-state index >= 15 is 0 Å². The summed E-state index contributed by atoms with van der Waals surface area (Å²) in [7, 11) is 0. The molecule has 4 aliphatic carbocycles. The summed E-state index contributed by atoms with van der Waals surface area (Å²) in [5.74, 6) is 0.204. The fourth-order valence-electron chi connectivity index (χ4n) is 7.31. The van der Waals surface area contributed by atoms with Crippen LogP contribution in [0.5, 0.6) is 0 Å². The number of fused-ring (bicyclic) bond motifs is 5. The summed E-state index contributed by atoms with van der Waals surface area (Å²) < 4.78 is 18.1. The average molecular weight is 321 g/mol. The molecule has 4 rings (SSSR count). The molecule has 0 aliphatic heterocycles. The van der Waals surface area contributed by atoms with Gasteiger partial charge in [0.1, 0.15) is 5.78 Å². The summed E-state index contributed by atoms with van der Waals surface area (Å²) in [6.45, 7) is 6.15. The molecule has 4 saturated carbocycles. The van der Waals surface area contributed by atoms with Crippen molar-refractivity contribution in [1.82, 2.24) is 0 Å². The molecule has 1 N–H and O–H groups in total. The average Bonchev–Trinajstić information content (AvgIpc) is 2.82. The van der Waals surface area contributed by atoms with Crippen LogP contribution in [0.1, 0.15) is 81.3 Å². The van der Waals surface area contributed by atoms with Crippen LogP contribution in [-0.2, 0) is 4.79 Å². The zero-order chi connectivity index (χ0) is 18.3. The van der Waals surface area contributed by atoms with Gasteiger partial charge in [-0.05, 0) is 99.2 Å². The lowest BCUT2D eigenvalue weighted by Gasteiger charge is -2.60. The Balaban J connectivity index is 1.68. The second-order valence-electron chi connectivity index (χ2n) is 9.36. The van der Waals surface area contributed by atoms with E-state index < -0.39 is 11.8 Å². The van der Waals surface area contributed by atoms with E-state index in [2.05, 4.69) is 13.8 Å². The minimum Gasteiger partial charge on any atom is -0.393 e. The largest absolute Gasteiger partial charge is 0.393 e. The third kappa shape index (κ3) is 2.19. The standard InChI is InChI=1S/C21H34O2/c1-13(22)17-6-7-18-16-5-4-14-12-15(23)8-10-20(14,2)19(16)9-11-21(17,18)3/h14-19,23H,4-12H2,1-3H3/t14-,15-,16-,17+,18-,19-,20-,21+/m0/s1/i14D,17D. The summed E-state index contributed by atoms with van der Waals surface area (Å²) in [5.41, 5.74) is -0.202. The van der Waals surface area contributed by atoms with E-state index in [0.29, 0.717) is 30.6 Å². The molecule has 0 radical (unpaired) electrons. The lowest BCUT2D eigenvalue weighted by atomic mass is 9.44. The van der Waals surface area contributed by atoms with Crippen LogP contribution in [0.15, 0.2) is 0 Å². The highest BCUT2D eigenvalue weighted by Crippen LogP contribution is 2.67. The number of ketones is 1. The Morgan fingerprint density at radius 2 is 1.70 bits per heavy atom. The maximum Gasteiger partial charge on any atom is 0.133 e. The first-order chi connectivity index (χ1) is 11.6. The molecule has 2 nitrogen and oxygen atoms in total. The molecule has 0 unspecified atom stereocenters. The molecule has 8 atom stereocenters. The van der Waals surface area contributed by atoms with Crippen LogP contribution in [0.3, 0.4) is 0 Å². The number of carbonyl (C=O) groups is 1. The van der Waals surface area contributed by atoms with E-state index in [1.54, 1.807) is 6.92 Å². The maximum absolute atomic E-state index is 12.3. The van der Waals surface area contributed by atoms with Crippen LogP contribution in [-0.4, -0.2) is 17.0 Å². The van der Waals surface area contributed by atoms with Crippen molar-refractivity contribution in [2.45, 2.75) is 84.7 Å². The number of hydrogen-bond acceptors (Lipinski definition) is 2. The first-order valence-electron chi connectivity index (χ1n) is 10.8. The summed E-state index contributed by atoms with van der Waals surface area (Å²) in [4.78, 5) is 12.3. The predicted octanol–water partition coefficient (Wildman–Crippen LogP) is 4.60. The van der Waals surface area contributed by atoms with Gasteiger partial charge in [0.15, 0.2) is 0 Å². The van der Waals surface area contributed by atoms with Crippen molar-refractivity contribution >= 4 is 5.78 Å². The van der Waals surface area contributed by atoms with Crippen LogP contribution >= 0.6 is 0 Å². The highest BCUT2D eigenvalue weighted by molar-refractivity contribution is 5.79. The van der Waals surface area contributed by atoms with E-state index in [4.69, 9.17) is 2.74 Å². The smallest absolute Gasteiger partial charge is 0.133 e. The zero-order valence-electron chi connectivity index (χ0n) is 17.0. The van der Waals surface area contributed by atoms with Crippen molar-refractivity contribution in [3.8, 4) is 0 Å². The second kappa shape index (κ2) is 5.31. The van der Waals surface area contributed by atoms with E-state index in [1.165, 1.54) is 0 Å². The topological polar surface area (TPSA) is 37.3 Å². The van der Waals surface area contributed by atoms with Crippen molar-refractivity contribution in [1.29, 1.82) is 0 Å². The minimum atomic E-state index is -0.901. The minimum absolute atomic E-state index is 0.0139. The molecule has 0 saturated heterocycles. The fourth-order valence-corrected chi connectivity index (χ4v) is 7.31. The molecule has 0 aromatic rings. The number of aliphatic hydroxyl groups is 1. The van der Waals surface area contributed by atoms with Gasteiger partial charge < -0.3 is 5.11 Å². The van der Waals surface area contributed by atoms with Crippen molar-refractivity contribution < 1.29 is 12.6 Å². The van der Waals surface area contributed by atoms with E-state index in [9.17, 15) is 9.90 Å². The van der Waals surface area contributed by atoms with Crippen LogP contribution in [0, 0.1) is 40.4 Å². The highest BCUT2D eigenvalue weighted by Gasteiger charge is 2.60. The molecule has 0 bridgehead atoms. The molecule has 0 spiro atoms. The number of hydrogen-bond donors (Lipinski definition) is 1. The van der Waals surface area contributed by atoms with Gasteiger partial charge in [-0.3, -0.25) is 4.79 Å². The first kappa shape index (κ1) is 13.9. The molecule has 2 heteroatoms. The summed E-state index contributed by atoms with van der Waals surface area (Å²) in [5, 5.41) is 10.2. The van der Waals surface area contributed by atoms with Gasteiger partial charge in [-0.15, -0.1) is 0 Å². The van der Waals surface area contributed by atoms with Gasteiger partial charge in [0, 0.05) is 8.64 Å². The van der Waals surface area contributed by atoms with Crippen LogP contribution in [0.4, 0.5) is 0 Å². The molecule has 0 amide bonds. The lowest BCUT2D eigenvalue weighted by molar-refractivity contribution is -0.138. The Bertz CT molecular complexity index is 594. The van der Waals surface area contributed by atoms with Crippen molar-refractivity contribution in [2.24, 2.45) is 40.4 Å². The molecule has 0 aromatic carbocycles. The molecule has 0 aromatic heterocycles. The molecular weight excluding hydrogens is 284 g/mol. The fraction of sp³-hybridized carbons (Fsp3) is 0.952. The van der Waals surface area contributed by atoms with Crippen molar-refractivity contribution in [2.75, 3.05) is 0 Å². The van der Waals surface area contributed by atoms with Crippen LogP contribution in [0.25, 0.3) is 0 Å². The van der Waals surface area contributed by atoms with E-state index in [1.807, 2.05) is 0 Å². The first-order valence-corrected chi connectivity index (χ1v) is 9.77. The van der Waals surface area contributed by atoms with E-state index in [-0.39, 0.29) is 22.7 Å². The number of aliphatic hydroxyl groups excluding tert-OH is 1. The second-order valence-corrected chi connectivity index (χ2v) is 9.36. The van der Waals surface area contributed by atoms with Gasteiger partial charge in [-0.1, -0.05) is 13.8 Å². The summed E-state index contributed by atoms with van der Waals surface area (Å²) in [6, 6.07) is 0. The maximum atomic E-state index is 12.3. The molecule has 4 fully saturated rings. The Morgan fingerprint density at radius 3 is 2.43 bits per heavy atom. The lowest BCUT2D eigenvalue weighted by Crippen LogP contribution is -2.54. The number of carbonyl (C=O) groups excluding carboxylic acids is 1. The molecule has 0 heterocycles. The van der Waals surface area contributed by atoms with Crippen molar-refractivity contribution in [3.05, 3.63) is 0 Å². The van der Waals surface area contributed by atoms with Crippen LogP contribution < -0.4 is 0 Å².